The largest absolute Gasteiger partial charge is 0.493 e. The fourth-order valence-corrected chi connectivity index (χ4v) is 2.15. The van der Waals surface area contributed by atoms with Crippen molar-refractivity contribution < 1.29 is 4.74 Å². The summed E-state index contributed by atoms with van der Waals surface area (Å²) in [5.41, 5.74) is 6.98. The van der Waals surface area contributed by atoms with Crippen LogP contribution in [0.5, 0.6) is 5.75 Å². The van der Waals surface area contributed by atoms with Crippen molar-refractivity contribution in [2.75, 3.05) is 19.7 Å². The van der Waals surface area contributed by atoms with Crippen LogP contribution in [0.3, 0.4) is 0 Å². The topological polar surface area (TPSA) is 59.6 Å². The number of hydrogen-bond acceptors (Lipinski definition) is 2. The van der Waals surface area contributed by atoms with Crippen molar-refractivity contribution in [3.63, 3.8) is 0 Å². The average Bonchev–Trinajstić information content (AvgIpc) is 2.38. The molecule has 110 valence electrons. The van der Waals surface area contributed by atoms with Gasteiger partial charge in [0.05, 0.1) is 6.61 Å². The second kappa shape index (κ2) is 7.78. The molecule has 3 N–H and O–H groups in total. The van der Waals surface area contributed by atoms with Crippen molar-refractivity contribution in [1.82, 2.24) is 5.32 Å². The molecule has 0 aliphatic heterocycles. The van der Waals surface area contributed by atoms with Gasteiger partial charge in [0.1, 0.15) is 5.75 Å². The maximum atomic E-state index is 5.82. The minimum absolute atomic E-state index is 0.563. The van der Waals surface area contributed by atoms with E-state index in [9.17, 15) is 0 Å². The molecule has 20 heavy (non-hydrogen) atoms. The third-order valence-corrected chi connectivity index (χ3v) is 3.72. The molecule has 0 atom stereocenters. The number of guanidine groups is 1. The predicted octanol–water partition coefficient (Wildman–Crippen LogP) is 2.47. The molecular formula is C16H25N3O. The van der Waals surface area contributed by atoms with E-state index in [0.717, 1.165) is 31.2 Å². The molecule has 0 bridgehead atoms. The van der Waals surface area contributed by atoms with E-state index < -0.39 is 0 Å². The van der Waals surface area contributed by atoms with Gasteiger partial charge < -0.3 is 15.8 Å². The molecule has 1 fully saturated rings. The zero-order chi connectivity index (χ0) is 14.2. The molecule has 0 aromatic heterocycles. The van der Waals surface area contributed by atoms with Gasteiger partial charge in [0.2, 0.25) is 0 Å². The number of nitrogens with two attached hydrogens (primary N) is 1. The van der Waals surface area contributed by atoms with Gasteiger partial charge in [0.25, 0.3) is 0 Å². The van der Waals surface area contributed by atoms with Gasteiger partial charge >= 0.3 is 0 Å². The van der Waals surface area contributed by atoms with Gasteiger partial charge in [-0.25, -0.2) is 0 Å². The van der Waals surface area contributed by atoms with Crippen LogP contribution in [0.1, 0.15) is 31.2 Å². The quantitative estimate of drug-likeness (QED) is 0.456. The lowest BCUT2D eigenvalue weighted by molar-refractivity contribution is 0.309. The van der Waals surface area contributed by atoms with Crippen molar-refractivity contribution in [2.45, 2.75) is 32.6 Å². The molecule has 0 unspecified atom stereocenters. The highest BCUT2D eigenvalue weighted by molar-refractivity contribution is 5.77. The number of aliphatic imine (C=N–C) groups is 1. The van der Waals surface area contributed by atoms with Crippen molar-refractivity contribution >= 4 is 5.96 Å². The minimum atomic E-state index is 0.563. The summed E-state index contributed by atoms with van der Waals surface area (Å²) in [5, 5.41) is 3.13. The summed E-state index contributed by atoms with van der Waals surface area (Å²) in [6.45, 7) is 4.41. The number of nitrogens with zero attached hydrogens (tertiary/aromatic N) is 1. The number of rotatable bonds is 7. The van der Waals surface area contributed by atoms with Crippen LogP contribution in [0.25, 0.3) is 0 Å². The van der Waals surface area contributed by atoms with Crippen LogP contribution >= 0.6 is 0 Å². The summed E-state index contributed by atoms with van der Waals surface area (Å²) in [5.74, 6) is 2.28. The van der Waals surface area contributed by atoms with Crippen LogP contribution < -0.4 is 15.8 Å². The number of hydrogen-bond donors (Lipinski definition) is 2. The second-order valence-electron chi connectivity index (χ2n) is 5.42. The van der Waals surface area contributed by atoms with Gasteiger partial charge in [0, 0.05) is 13.1 Å². The summed E-state index contributed by atoms with van der Waals surface area (Å²) >= 11 is 0. The highest BCUT2D eigenvalue weighted by Gasteiger charge is 2.16. The van der Waals surface area contributed by atoms with E-state index in [2.05, 4.69) is 23.3 Å². The fraction of sp³-hybridized carbons (Fsp3) is 0.562. The number of ether oxygens (including phenoxy) is 1. The van der Waals surface area contributed by atoms with Crippen LogP contribution in [0.4, 0.5) is 0 Å². The first-order valence-corrected chi connectivity index (χ1v) is 7.48. The van der Waals surface area contributed by atoms with E-state index in [0.29, 0.717) is 12.6 Å². The van der Waals surface area contributed by atoms with E-state index >= 15 is 0 Å². The third kappa shape index (κ3) is 4.76. The summed E-state index contributed by atoms with van der Waals surface area (Å²) < 4.78 is 5.72. The molecular weight excluding hydrogens is 250 g/mol. The Labute approximate surface area is 121 Å². The predicted molar refractivity (Wildman–Crippen MR) is 83.1 cm³/mol. The van der Waals surface area contributed by atoms with Crippen LogP contribution in [0.15, 0.2) is 29.3 Å². The molecule has 4 nitrogen and oxygen atoms in total. The molecule has 0 heterocycles. The van der Waals surface area contributed by atoms with Gasteiger partial charge in [-0.15, -0.1) is 0 Å². The molecule has 0 spiro atoms. The number of benzene rings is 1. The fourth-order valence-electron chi connectivity index (χ4n) is 2.15. The Morgan fingerprint density at radius 3 is 2.90 bits per heavy atom. The normalized spacial score (nSPS) is 15.8. The number of aryl methyl sites for hydroxylation is 1. The SMILES string of the molecule is Cc1ccccc1OCCCNC(N)=NCC1CCC1. The lowest BCUT2D eigenvalue weighted by atomic mass is 9.86. The molecule has 1 aromatic carbocycles. The number of nitrogens with one attached hydrogen (secondary N) is 1. The highest BCUT2D eigenvalue weighted by atomic mass is 16.5. The zero-order valence-corrected chi connectivity index (χ0v) is 12.3. The summed E-state index contributed by atoms with van der Waals surface area (Å²) in [7, 11) is 0. The van der Waals surface area contributed by atoms with E-state index in [-0.39, 0.29) is 0 Å². The summed E-state index contributed by atoms with van der Waals surface area (Å²) in [4.78, 5) is 4.36. The van der Waals surface area contributed by atoms with Gasteiger partial charge in [-0.05, 0) is 43.7 Å². The molecule has 0 saturated heterocycles. The van der Waals surface area contributed by atoms with E-state index in [1.165, 1.54) is 24.8 Å². The Balaban J connectivity index is 1.55. The molecule has 0 amide bonds. The lowest BCUT2D eigenvalue weighted by Crippen LogP contribution is -2.34. The van der Waals surface area contributed by atoms with Crippen molar-refractivity contribution in [3.8, 4) is 5.75 Å². The maximum absolute atomic E-state index is 5.82. The van der Waals surface area contributed by atoms with Crippen LogP contribution in [0, 0.1) is 12.8 Å². The molecule has 4 heteroatoms. The Kier molecular flexibility index (Phi) is 5.71. The Morgan fingerprint density at radius 1 is 1.40 bits per heavy atom. The van der Waals surface area contributed by atoms with E-state index in [4.69, 9.17) is 10.5 Å². The van der Waals surface area contributed by atoms with Crippen molar-refractivity contribution in [2.24, 2.45) is 16.6 Å². The number of para-hydroxylation sites is 1. The molecule has 1 aliphatic rings. The first kappa shape index (κ1) is 14.7. The van der Waals surface area contributed by atoms with Gasteiger partial charge in [0.15, 0.2) is 5.96 Å². The maximum Gasteiger partial charge on any atom is 0.188 e. The van der Waals surface area contributed by atoms with Gasteiger partial charge in [-0.2, -0.15) is 0 Å². The lowest BCUT2D eigenvalue weighted by Gasteiger charge is -2.23. The second-order valence-corrected chi connectivity index (χ2v) is 5.42. The average molecular weight is 275 g/mol. The van der Waals surface area contributed by atoms with Crippen LogP contribution in [-0.4, -0.2) is 25.7 Å². The molecule has 1 aliphatic carbocycles. The summed E-state index contributed by atoms with van der Waals surface area (Å²) in [6.07, 6.45) is 4.87. The van der Waals surface area contributed by atoms with Gasteiger partial charge in [-0.1, -0.05) is 24.6 Å². The van der Waals surface area contributed by atoms with Crippen LogP contribution in [0.2, 0.25) is 0 Å². The van der Waals surface area contributed by atoms with Gasteiger partial charge in [-0.3, -0.25) is 4.99 Å². The van der Waals surface area contributed by atoms with E-state index in [1.807, 2.05) is 18.2 Å². The molecule has 2 rings (SSSR count). The van der Waals surface area contributed by atoms with E-state index in [1.54, 1.807) is 0 Å². The first-order valence-electron chi connectivity index (χ1n) is 7.48. The smallest absolute Gasteiger partial charge is 0.188 e. The first-order chi connectivity index (χ1) is 9.75. The minimum Gasteiger partial charge on any atom is -0.493 e. The van der Waals surface area contributed by atoms with Crippen molar-refractivity contribution in [3.05, 3.63) is 29.8 Å². The van der Waals surface area contributed by atoms with Crippen molar-refractivity contribution in [1.29, 1.82) is 0 Å². The Bertz CT molecular complexity index is 441. The molecule has 1 aromatic rings. The zero-order valence-electron chi connectivity index (χ0n) is 12.3. The standard InChI is InChI=1S/C16H25N3O/c1-13-6-2-3-9-15(13)20-11-5-10-18-16(17)19-12-14-7-4-8-14/h2-3,6,9,14H,4-5,7-8,10-12H2,1H3,(H3,17,18,19). The highest BCUT2D eigenvalue weighted by Crippen LogP contribution is 2.26. The molecule has 0 radical (unpaired) electrons. The monoisotopic (exact) mass is 275 g/mol. The third-order valence-electron chi connectivity index (χ3n) is 3.72. The Hall–Kier alpha value is -1.71. The Morgan fingerprint density at radius 2 is 2.20 bits per heavy atom. The molecule has 1 saturated carbocycles. The summed E-state index contributed by atoms with van der Waals surface area (Å²) in [6, 6.07) is 8.06. The van der Waals surface area contributed by atoms with Crippen LogP contribution in [-0.2, 0) is 0 Å².